The molecule has 2 fully saturated rings. The van der Waals surface area contributed by atoms with E-state index in [1.54, 1.807) is 29.4 Å². The summed E-state index contributed by atoms with van der Waals surface area (Å²) < 4.78 is 5.27. The van der Waals surface area contributed by atoms with Crippen LogP contribution in [0.4, 0.5) is 0 Å². The van der Waals surface area contributed by atoms with E-state index in [9.17, 15) is 14.4 Å². The summed E-state index contributed by atoms with van der Waals surface area (Å²) in [5.74, 6) is -0.686. The van der Waals surface area contributed by atoms with Crippen molar-refractivity contribution in [3.05, 3.63) is 30.2 Å². The molecular formula is C17H19N5O4. The first-order valence-corrected chi connectivity index (χ1v) is 8.60. The van der Waals surface area contributed by atoms with Gasteiger partial charge in [0.25, 0.3) is 5.91 Å². The van der Waals surface area contributed by atoms with Crippen LogP contribution in [0, 0.1) is 0 Å². The molecule has 2 aliphatic rings. The van der Waals surface area contributed by atoms with Crippen molar-refractivity contribution in [2.75, 3.05) is 26.2 Å². The summed E-state index contributed by atoms with van der Waals surface area (Å²) in [5.41, 5.74) is 0.923. The average molecular weight is 357 g/mol. The van der Waals surface area contributed by atoms with Crippen LogP contribution in [0.1, 0.15) is 23.3 Å². The number of H-pyrrole nitrogens is 1. The molecule has 1 saturated carbocycles. The van der Waals surface area contributed by atoms with E-state index in [2.05, 4.69) is 15.5 Å². The number of carbonyl (C=O) groups is 3. The second-order valence-corrected chi connectivity index (χ2v) is 6.48. The van der Waals surface area contributed by atoms with Gasteiger partial charge in [0, 0.05) is 38.3 Å². The Balaban J connectivity index is 1.33. The lowest BCUT2D eigenvalue weighted by Crippen LogP contribution is -2.54. The first-order valence-electron chi connectivity index (χ1n) is 8.60. The molecule has 1 aliphatic heterocycles. The molecule has 0 aromatic carbocycles. The number of furan rings is 1. The van der Waals surface area contributed by atoms with Gasteiger partial charge in [-0.3, -0.25) is 19.5 Å². The number of aromatic amines is 1. The molecule has 1 aliphatic carbocycles. The second kappa shape index (κ2) is 6.66. The predicted octanol–water partition coefficient (Wildman–Crippen LogP) is 0.233. The molecule has 2 aromatic rings. The van der Waals surface area contributed by atoms with Gasteiger partial charge in [-0.05, 0) is 25.0 Å². The first kappa shape index (κ1) is 16.4. The van der Waals surface area contributed by atoms with Crippen molar-refractivity contribution < 1.29 is 18.8 Å². The fourth-order valence-corrected chi connectivity index (χ4v) is 2.88. The summed E-state index contributed by atoms with van der Waals surface area (Å²) in [6.45, 7) is 1.39. The second-order valence-electron chi connectivity index (χ2n) is 6.48. The van der Waals surface area contributed by atoms with Gasteiger partial charge in [-0.15, -0.1) is 0 Å². The fourth-order valence-electron chi connectivity index (χ4n) is 2.88. The van der Waals surface area contributed by atoms with Crippen molar-refractivity contribution in [1.82, 2.24) is 25.3 Å². The van der Waals surface area contributed by atoms with Crippen LogP contribution in [0.15, 0.2) is 28.9 Å². The Morgan fingerprint density at radius 2 is 1.88 bits per heavy atom. The van der Waals surface area contributed by atoms with Crippen LogP contribution >= 0.6 is 0 Å². The quantitative estimate of drug-likeness (QED) is 0.764. The Labute approximate surface area is 149 Å². The highest BCUT2D eigenvalue weighted by molar-refractivity contribution is 6.35. The number of amides is 3. The Morgan fingerprint density at radius 3 is 2.54 bits per heavy atom. The molecule has 9 heteroatoms. The van der Waals surface area contributed by atoms with Gasteiger partial charge in [-0.1, -0.05) is 0 Å². The summed E-state index contributed by atoms with van der Waals surface area (Å²) in [6.07, 6.45) is 3.42. The summed E-state index contributed by atoms with van der Waals surface area (Å²) in [5, 5.41) is 9.53. The van der Waals surface area contributed by atoms with Crippen molar-refractivity contribution in [1.29, 1.82) is 0 Å². The molecule has 1 saturated heterocycles. The topological polar surface area (TPSA) is 112 Å². The van der Waals surface area contributed by atoms with E-state index in [-0.39, 0.29) is 11.9 Å². The Hall–Kier alpha value is -3.10. The number of carbonyl (C=O) groups excluding carboxylic acids is 3. The molecule has 0 bridgehead atoms. The van der Waals surface area contributed by atoms with Gasteiger partial charge < -0.3 is 19.5 Å². The third-order valence-electron chi connectivity index (χ3n) is 4.54. The zero-order valence-electron chi connectivity index (χ0n) is 14.1. The lowest BCUT2D eigenvalue weighted by Gasteiger charge is -2.34. The molecule has 0 radical (unpaired) electrons. The van der Waals surface area contributed by atoms with Crippen LogP contribution in [0.3, 0.4) is 0 Å². The summed E-state index contributed by atoms with van der Waals surface area (Å²) in [6, 6.07) is 5.32. The highest BCUT2D eigenvalue weighted by atomic mass is 16.3. The first-order chi connectivity index (χ1) is 12.6. The number of rotatable bonds is 3. The van der Waals surface area contributed by atoms with E-state index in [0.29, 0.717) is 43.3 Å². The number of nitrogens with one attached hydrogen (secondary N) is 2. The van der Waals surface area contributed by atoms with Crippen LogP contribution in [-0.2, 0) is 9.59 Å². The van der Waals surface area contributed by atoms with Crippen LogP contribution in [-0.4, -0.2) is 69.9 Å². The highest BCUT2D eigenvalue weighted by Gasteiger charge is 2.32. The summed E-state index contributed by atoms with van der Waals surface area (Å²) in [7, 11) is 0. The Kier molecular flexibility index (Phi) is 4.19. The molecular weight excluding hydrogens is 338 g/mol. The van der Waals surface area contributed by atoms with Crippen LogP contribution in [0.2, 0.25) is 0 Å². The number of hydrogen-bond donors (Lipinski definition) is 2. The largest absolute Gasteiger partial charge is 0.463 e. The van der Waals surface area contributed by atoms with Gasteiger partial charge in [0.15, 0.2) is 11.5 Å². The highest BCUT2D eigenvalue weighted by Crippen LogP contribution is 2.20. The van der Waals surface area contributed by atoms with Crippen molar-refractivity contribution in [3.8, 4) is 11.5 Å². The molecule has 26 heavy (non-hydrogen) atoms. The normalized spacial score (nSPS) is 17.2. The minimum absolute atomic E-state index is 0.150. The standard InChI is InChI=1S/C17H19N5O4/c23-15(18-11-3-4-11)17(25)22-7-5-21(6-8-22)16(24)13-10-12(19-20-13)14-2-1-9-26-14/h1-2,9-11H,3-8H2,(H,18,23)(H,19,20). The minimum Gasteiger partial charge on any atom is -0.463 e. The molecule has 0 unspecified atom stereocenters. The molecule has 0 spiro atoms. The fraction of sp³-hybridized carbons (Fsp3) is 0.412. The maximum atomic E-state index is 12.6. The van der Waals surface area contributed by atoms with Gasteiger partial charge >= 0.3 is 11.8 Å². The minimum atomic E-state index is -0.553. The zero-order valence-corrected chi connectivity index (χ0v) is 14.1. The smallest absolute Gasteiger partial charge is 0.312 e. The molecule has 9 nitrogen and oxygen atoms in total. The third-order valence-corrected chi connectivity index (χ3v) is 4.54. The van der Waals surface area contributed by atoms with Crippen molar-refractivity contribution >= 4 is 17.7 Å². The van der Waals surface area contributed by atoms with Gasteiger partial charge in [0.2, 0.25) is 0 Å². The van der Waals surface area contributed by atoms with E-state index in [0.717, 1.165) is 12.8 Å². The molecule has 3 heterocycles. The van der Waals surface area contributed by atoms with E-state index in [4.69, 9.17) is 4.42 Å². The van der Waals surface area contributed by atoms with Crippen molar-refractivity contribution in [2.45, 2.75) is 18.9 Å². The monoisotopic (exact) mass is 357 g/mol. The maximum Gasteiger partial charge on any atom is 0.312 e. The molecule has 0 atom stereocenters. The van der Waals surface area contributed by atoms with Crippen LogP contribution in [0.25, 0.3) is 11.5 Å². The molecule has 2 aromatic heterocycles. The summed E-state index contributed by atoms with van der Waals surface area (Å²) in [4.78, 5) is 39.7. The zero-order chi connectivity index (χ0) is 18.1. The molecule has 4 rings (SSSR count). The SMILES string of the molecule is O=C(NC1CC1)C(=O)N1CCN(C(=O)c2cc(-c3ccco3)[nH]n2)CC1. The maximum absolute atomic E-state index is 12.6. The predicted molar refractivity (Wildman–Crippen MR) is 89.9 cm³/mol. The molecule has 136 valence electrons. The summed E-state index contributed by atoms with van der Waals surface area (Å²) >= 11 is 0. The Morgan fingerprint density at radius 1 is 1.15 bits per heavy atom. The van der Waals surface area contributed by atoms with Crippen molar-refractivity contribution in [3.63, 3.8) is 0 Å². The lowest BCUT2D eigenvalue weighted by molar-refractivity contribution is -0.146. The van der Waals surface area contributed by atoms with Crippen molar-refractivity contribution in [2.24, 2.45) is 0 Å². The van der Waals surface area contributed by atoms with Crippen LogP contribution < -0.4 is 5.32 Å². The number of nitrogens with zero attached hydrogens (tertiary/aromatic N) is 3. The van der Waals surface area contributed by atoms with E-state index in [1.807, 2.05) is 0 Å². The van der Waals surface area contributed by atoms with E-state index in [1.165, 1.54) is 4.90 Å². The number of aromatic nitrogens is 2. The van der Waals surface area contributed by atoms with E-state index >= 15 is 0 Å². The van der Waals surface area contributed by atoms with Gasteiger partial charge in [-0.2, -0.15) is 5.10 Å². The van der Waals surface area contributed by atoms with Crippen LogP contribution in [0.5, 0.6) is 0 Å². The Bertz CT molecular complexity index is 816. The third kappa shape index (κ3) is 3.32. The average Bonchev–Trinajstić information content (AvgIpc) is 3.14. The number of piperazine rings is 1. The molecule has 2 N–H and O–H groups in total. The van der Waals surface area contributed by atoms with E-state index < -0.39 is 11.8 Å². The number of hydrogen-bond acceptors (Lipinski definition) is 5. The molecule has 3 amide bonds. The van der Waals surface area contributed by atoms with Gasteiger partial charge in [0.1, 0.15) is 5.69 Å². The lowest BCUT2D eigenvalue weighted by atomic mass is 10.2. The van der Waals surface area contributed by atoms with Gasteiger partial charge in [0.05, 0.1) is 6.26 Å². The van der Waals surface area contributed by atoms with Gasteiger partial charge in [-0.25, -0.2) is 0 Å².